The van der Waals surface area contributed by atoms with E-state index in [2.05, 4.69) is 15.5 Å². The van der Waals surface area contributed by atoms with Crippen molar-refractivity contribution in [1.29, 1.82) is 0 Å². The smallest absolute Gasteiger partial charge is 0.343 e. The number of nitro benzene ring substituents is 1. The van der Waals surface area contributed by atoms with E-state index in [0.717, 1.165) is 0 Å². The minimum atomic E-state index is -0.710. The van der Waals surface area contributed by atoms with Crippen LogP contribution in [-0.2, 0) is 6.61 Å². The van der Waals surface area contributed by atoms with Gasteiger partial charge in [0.05, 0.1) is 41.7 Å². The first-order valence-electron chi connectivity index (χ1n) is 9.45. The fourth-order valence-electron chi connectivity index (χ4n) is 2.61. The summed E-state index contributed by atoms with van der Waals surface area (Å²) < 4.78 is 10.6. The lowest BCUT2D eigenvalue weighted by Crippen LogP contribution is -2.18. The first-order valence-corrected chi connectivity index (χ1v) is 9.45. The maximum Gasteiger partial charge on any atom is 0.343 e. The highest BCUT2D eigenvalue weighted by atomic mass is 16.6. The minimum Gasteiger partial charge on any atom is -0.493 e. The number of aliphatic hydroxyl groups is 1. The normalized spacial score (nSPS) is 10.6. The van der Waals surface area contributed by atoms with Crippen molar-refractivity contribution in [2.24, 2.45) is 5.10 Å². The van der Waals surface area contributed by atoms with Crippen LogP contribution in [0, 0.1) is 10.1 Å². The Hall–Kier alpha value is -4.64. The summed E-state index contributed by atoms with van der Waals surface area (Å²) in [5.74, 6) is -0.817. The van der Waals surface area contributed by atoms with Crippen LogP contribution in [0.25, 0.3) is 0 Å². The summed E-state index contributed by atoms with van der Waals surface area (Å²) in [5.41, 5.74) is 3.62. The zero-order chi connectivity index (χ0) is 23.8. The van der Waals surface area contributed by atoms with Crippen LogP contribution in [0.2, 0.25) is 0 Å². The second kappa shape index (κ2) is 10.6. The number of non-ortho nitro benzene ring substituents is 1. The molecular weight excluding hydrogens is 432 g/mol. The summed E-state index contributed by atoms with van der Waals surface area (Å²) in [6, 6.07) is 12.7. The molecule has 0 aliphatic carbocycles. The fourth-order valence-corrected chi connectivity index (χ4v) is 2.61. The number of methoxy groups -OCH3 is 1. The van der Waals surface area contributed by atoms with E-state index in [0.29, 0.717) is 11.3 Å². The highest BCUT2D eigenvalue weighted by molar-refractivity contribution is 5.95. The molecule has 1 heterocycles. The van der Waals surface area contributed by atoms with Gasteiger partial charge in [-0.2, -0.15) is 5.10 Å². The molecule has 0 unspecified atom stereocenters. The Balaban J connectivity index is 1.65. The molecule has 168 valence electrons. The lowest BCUT2D eigenvalue weighted by Gasteiger charge is -2.10. The number of aromatic nitrogens is 1. The van der Waals surface area contributed by atoms with Crippen molar-refractivity contribution in [3.05, 3.63) is 93.3 Å². The number of hydrazone groups is 1. The van der Waals surface area contributed by atoms with Crippen LogP contribution in [0.15, 0.2) is 65.9 Å². The van der Waals surface area contributed by atoms with Gasteiger partial charge in [0.1, 0.15) is 0 Å². The van der Waals surface area contributed by atoms with E-state index < -0.39 is 16.8 Å². The standard InChI is InChI=1S/C22H18N4O7/c1-32-20-10-14(11-24-25-21(28)16-3-6-17(13-27)23-12-16)2-9-19(20)33-22(29)15-4-7-18(8-5-15)26(30)31/h2-12,27H,13H2,1H3,(H,25,28)/b24-11-. The molecule has 11 nitrogen and oxygen atoms in total. The molecule has 0 radical (unpaired) electrons. The summed E-state index contributed by atoms with van der Waals surface area (Å²) in [4.78, 5) is 38.5. The molecule has 0 saturated carbocycles. The van der Waals surface area contributed by atoms with Gasteiger partial charge in [0.25, 0.3) is 11.6 Å². The average Bonchev–Trinajstić information content (AvgIpc) is 2.84. The number of hydrogen-bond acceptors (Lipinski definition) is 9. The molecule has 0 spiro atoms. The second-order valence-corrected chi connectivity index (χ2v) is 6.50. The third-order valence-corrected chi connectivity index (χ3v) is 4.33. The molecule has 0 aliphatic heterocycles. The van der Waals surface area contributed by atoms with Gasteiger partial charge in [0, 0.05) is 18.3 Å². The van der Waals surface area contributed by atoms with Crippen LogP contribution in [0.5, 0.6) is 11.5 Å². The summed E-state index contributed by atoms with van der Waals surface area (Å²) in [6.07, 6.45) is 2.70. The number of nitro groups is 1. The van der Waals surface area contributed by atoms with Crippen LogP contribution in [-0.4, -0.2) is 40.2 Å². The molecule has 11 heteroatoms. The summed E-state index contributed by atoms with van der Waals surface area (Å²) in [5, 5.41) is 23.6. The molecule has 1 amide bonds. The van der Waals surface area contributed by atoms with E-state index >= 15 is 0 Å². The number of nitrogens with one attached hydrogen (secondary N) is 1. The predicted molar refractivity (Wildman–Crippen MR) is 116 cm³/mol. The molecule has 0 saturated heterocycles. The maximum atomic E-state index is 12.3. The number of hydrogen-bond donors (Lipinski definition) is 2. The number of carbonyl (C=O) groups excluding carboxylic acids is 2. The molecule has 2 N–H and O–H groups in total. The van der Waals surface area contributed by atoms with E-state index in [-0.39, 0.29) is 34.9 Å². The van der Waals surface area contributed by atoms with Crippen molar-refractivity contribution in [2.45, 2.75) is 6.61 Å². The topological polar surface area (TPSA) is 153 Å². The Morgan fingerprint density at radius 3 is 2.45 bits per heavy atom. The number of amides is 1. The van der Waals surface area contributed by atoms with Gasteiger partial charge in [-0.15, -0.1) is 0 Å². The molecule has 0 bridgehead atoms. The number of pyridine rings is 1. The zero-order valence-electron chi connectivity index (χ0n) is 17.3. The summed E-state index contributed by atoms with van der Waals surface area (Å²) >= 11 is 0. The predicted octanol–water partition coefficient (Wildman–Crippen LogP) is 2.47. The van der Waals surface area contributed by atoms with Gasteiger partial charge < -0.3 is 14.6 Å². The van der Waals surface area contributed by atoms with Crippen LogP contribution in [0.3, 0.4) is 0 Å². The SMILES string of the molecule is COc1cc(/C=N\NC(=O)c2ccc(CO)nc2)ccc1OC(=O)c1ccc([N+](=O)[O-])cc1. The van der Waals surface area contributed by atoms with Gasteiger partial charge >= 0.3 is 5.97 Å². The molecule has 0 aliphatic rings. The number of aliphatic hydroxyl groups excluding tert-OH is 1. The lowest BCUT2D eigenvalue weighted by atomic mass is 10.2. The lowest BCUT2D eigenvalue weighted by molar-refractivity contribution is -0.384. The number of benzene rings is 2. The number of nitrogens with zero attached hydrogens (tertiary/aromatic N) is 3. The Kier molecular flexibility index (Phi) is 7.39. The largest absolute Gasteiger partial charge is 0.493 e. The highest BCUT2D eigenvalue weighted by Crippen LogP contribution is 2.28. The Bertz CT molecular complexity index is 1190. The highest BCUT2D eigenvalue weighted by Gasteiger charge is 2.14. The van der Waals surface area contributed by atoms with E-state index in [1.165, 1.54) is 62.0 Å². The van der Waals surface area contributed by atoms with Gasteiger partial charge in [0.15, 0.2) is 11.5 Å². The zero-order valence-corrected chi connectivity index (χ0v) is 17.3. The third-order valence-electron chi connectivity index (χ3n) is 4.33. The average molecular weight is 450 g/mol. The van der Waals surface area contributed by atoms with Gasteiger partial charge in [-0.3, -0.25) is 19.9 Å². The van der Waals surface area contributed by atoms with Crippen LogP contribution < -0.4 is 14.9 Å². The Labute approximate surface area is 187 Å². The first-order chi connectivity index (χ1) is 15.9. The number of ether oxygens (including phenoxy) is 2. The van der Waals surface area contributed by atoms with Crippen molar-refractivity contribution in [3.8, 4) is 11.5 Å². The van der Waals surface area contributed by atoms with Crippen LogP contribution >= 0.6 is 0 Å². The number of rotatable bonds is 8. The van der Waals surface area contributed by atoms with Crippen molar-refractivity contribution >= 4 is 23.8 Å². The molecule has 2 aromatic carbocycles. The van der Waals surface area contributed by atoms with Crippen LogP contribution in [0.1, 0.15) is 32.0 Å². The first kappa shape index (κ1) is 23.0. The van der Waals surface area contributed by atoms with Crippen molar-refractivity contribution < 1.29 is 29.1 Å². The van der Waals surface area contributed by atoms with Gasteiger partial charge in [0.2, 0.25) is 0 Å². The fraction of sp³-hybridized carbons (Fsp3) is 0.0909. The minimum absolute atomic E-state index is 0.136. The van der Waals surface area contributed by atoms with E-state index in [1.54, 1.807) is 12.1 Å². The monoisotopic (exact) mass is 450 g/mol. The van der Waals surface area contributed by atoms with Crippen molar-refractivity contribution in [3.63, 3.8) is 0 Å². The molecule has 0 atom stereocenters. The molecule has 1 aromatic heterocycles. The quantitative estimate of drug-likeness (QED) is 0.174. The Morgan fingerprint density at radius 1 is 1.12 bits per heavy atom. The molecule has 3 aromatic rings. The van der Waals surface area contributed by atoms with E-state index in [1.807, 2.05) is 0 Å². The summed E-state index contributed by atoms with van der Waals surface area (Å²) in [6.45, 7) is -0.221. The third kappa shape index (κ3) is 5.95. The number of carbonyl (C=O) groups is 2. The van der Waals surface area contributed by atoms with E-state index in [9.17, 15) is 19.7 Å². The van der Waals surface area contributed by atoms with E-state index in [4.69, 9.17) is 14.6 Å². The molecule has 3 rings (SSSR count). The maximum absolute atomic E-state index is 12.3. The summed E-state index contributed by atoms with van der Waals surface area (Å²) in [7, 11) is 1.39. The van der Waals surface area contributed by atoms with Crippen LogP contribution in [0.4, 0.5) is 5.69 Å². The van der Waals surface area contributed by atoms with Crippen molar-refractivity contribution in [2.75, 3.05) is 7.11 Å². The number of esters is 1. The molecule has 0 fully saturated rings. The van der Waals surface area contributed by atoms with Gasteiger partial charge in [-0.05, 0) is 48.0 Å². The van der Waals surface area contributed by atoms with Gasteiger partial charge in [-0.25, -0.2) is 10.2 Å². The molecule has 33 heavy (non-hydrogen) atoms. The molecular formula is C22H18N4O7. The van der Waals surface area contributed by atoms with Gasteiger partial charge in [-0.1, -0.05) is 0 Å². The second-order valence-electron chi connectivity index (χ2n) is 6.50. The Morgan fingerprint density at radius 2 is 1.85 bits per heavy atom. The van der Waals surface area contributed by atoms with Crippen molar-refractivity contribution in [1.82, 2.24) is 10.4 Å².